The highest BCUT2D eigenvalue weighted by Gasteiger charge is 2.23. The summed E-state index contributed by atoms with van der Waals surface area (Å²) in [6.07, 6.45) is 1.61. The monoisotopic (exact) mass is 235 g/mol. The second kappa shape index (κ2) is 5.08. The molecule has 1 aliphatic heterocycles. The average Bonchev–Trinajstić information content (AvgIpc) is 2.50. The SMILES string of the molecule is COc1ccc(N2CCCC(C)OC2=O)cc1. The molecule has 0 bridgehead atoms. The third-order valence-electron chi connectivity index (χ3n) is 2.90. The van der Waals surface area contributed by atoms with Gasteiger partial charge in [0.2, 0.25) is 0 Å². The van der Waals surface area contributed by atoms with Crippen LogP contribution in [-0.2, 0) is 4.74 Å². The Morgan fingerprint density at radius 2 is 2.06 bits per heavy atom. The Morgan fingerprint density at radius 1 is 1.35 bits per heavy atom. The quantitative estimate of drug-likeness (QED) is 0.791. The maximum atomic E-state index is 11.9. The Hall–Kier alpha value is -1.71. The smallest absolute Gasteiger partial charge is 0.414 e. The van der Waals surface area contributed by atoms with Crippen LogP contribution in [0.1, 0.15) is 19.8 Å². The Kier molecular flexibility index (Phi) is 3.52. The van der Waals surface area contributed by atoms with Crippen LogP contribution in [0.2, 0.25) is 0 Å². The first kappa shape index (κ1) is 11.8. The number of amides is 1. The molecule has 0 radical (unpaired) electrons. The fourth-order valence-electron chi connectivity index (χ4n) is 1.92. The van der Waals surface area contributed by atoms with Gasteiger partial charge in [0.15, 0.2) is 0 Å². The summed E-state index contributed by atoms with van der Waals surface area (Å²) in [4.78, 5) is 13.5. The summed E-state index contributed by atoms with van der Waals surface area (Å²) in [5, 5.41) is 0. The lowest BCUT2D eigenvalue weighted by Crippen LogP contribution is -2.31. The van der Waals surface area contributed by atoms with Crippen molar-refractivity contribution in [1.82, 2.24) is 0 Å². The van der Waals surface area contributed by atoms with Crippen molar-refractivity contribution in [3.63, 3.8) is 0 Å². The fourth-order valence-corrected chi connectivity index (χ4v) is 1.92. The number of carbonyl (C=O) groups is 1. The van der Waals surface area contributed by atoms with Gasteiger partial charge in [-0.1, -0.05) is 0 Å². The summed E-state index contributed by atoms with van der Waals surface area (Å²) in [7, 11) is 1.62. The van der Waals surface area contributed by atoms with E-state index in [-0.39, 0.29) is 12.2 Å². The number of rotatable bonds is 2. The number of cyclic esters (lactones) is 1. The van der Waals surface area contributed by atoms with E-state index in [1.54, 1.807) is 12.0 Å². The molecule has 1 atom stereocenters. The second-order valence-electron chi connectivity index (χ2n) is 4.19. The molecule has 1 aliphatic rings. The highest BCUT2D eigenvalue weighted by molar-refractivity contribution is 5.87. The third-order valence-corrected chi connectivity index (χ3v) is 2.90. The molecule has 17 heavy (non-hydrogen) atoms. The zero-order valence-corrected chi connectivity index (χ0v) is 10.2. The van der Waals surface area contributed by atoms with Crippen molar-refractivity contribution in [2.75, 3.05) is 18.6 Å². The Labute approximate surface area is 101 Å². The van der Waals surface area contributed by atoms with Crippen LogP contribution >= 0.6 is 0 Å². The standard InChI is InChI=1S/C13H17NO3/c1-10-4-3-9-14(13(15)17-10)11-5-7-12(16-2)8-6-11/h5-8,10H,3-4,9H2,1-2H3. The van der Waals surface area contributed by atoms with E-state index in [0.29, 0.717) is 6.54 Å². The van der Waals surface area contributed by atoms with Crippen molar-refractivity contribution in [1.29, 1.82) is 0 Å². The molecule has 4 heteroatoms. The topological polar surface area (TPSA) is 38.8 Å². The van der Waals surface area contributed by atoms with E-state index in [1.807, 2.05) is 31.2 Å². The first-order chi connectivity index (χ1) is 8.20. The summed E-state index contributed by atoms with van der Waals surface area (Å²) in [6.45, 7) is 2.63. The zero-order valence-electron chi connectivity index (χ0n) is 10.2. The van der Waals surface area contributed by atoms with Crippen LogP contribution in [0, 0.1) is 0 Å². The van der Waals surface area contributed by atoms with E-state index in [2.05, 4.69) is 0 Å². The van der Waals surface area contributed by atoms with E-state index < -0.39 is 0 Å². The highest BCUT2D eigenvalue weighted by atomic mass is 16.6. The van der Waals surface area contributed by atoms with E-state index >= 15 is 0 Å². The molecule has 1 fully saturated rings. The summed E-state index contributed by atoms with van der Waals surface area (Å²) in [5.74, 6) is 0.783. The van der Waals surface area contributed by atoms with Crippen LogP contribution in [0.3, 0.4) is 0 Å². The van der Waals surface area contributed by atoms with Crippen molar-refractivity contribution in [3.05, 3.63) is 24.3 Å². The molecule has 0 saturated carbocycles. The van der Waals surface area contributed by atoms with E-state index in [4.69, 9.17) is 9.47 Å². The maximum Gasteiger partial charge on any atom is 0.414 e. The van der Waals surface area contributed by atoms with Gasteiger partial charge in [0.1, 0.15) is 11.9 Å². The number of hydrogen-bond acceptors (Lipinski definition) is 3. The molecular weight excluding hydrogens is 218 g/mol. The predicted octanol–water partition coefficient (Wildman–Crippen LogP) is 2.82. The van der Waals surface area contributed by atoms with Gasteiger partial charge >= 0.3 is 6.09 Å². The first-order valence-corrected chi connectivity index (χ1v) is 5.83. The summed E-state index contributed by atoms with van der Waals surface area (Å²) in [5.41, 5.74) is 0.852. The van der Waals surface area contributed by atoms with Gasteiger partial charge in [-0.15, -0.1) is 0 Å². The molecule has 92 valence electrons. The minimum Gasteiger partial charge on any atom is -0.497 e. The van der Waals surface area contributed by atoms with Crippen molar-refractivity contribution >= 4 is 11.8 Å². The third kappa shape index (κ3) is 2.70. The van der Waals surface area contributed by atoms with Crippen LogP contribution in [0.15, 0.2) is 24.3 Å². The average molecular weight is 235 g/mol. The molecule has 0 aromatic heterocycles. The normalized spacial score (nSPS) is 20.7. The number of benzene rings is 1. The maximum absolute atomic E-state index is 11.9. The van der Waals surface area contributed by atoms with Crippen molar-refractivity contribution in [2.45, 2.75) is 25.9 Å². The molecule has 2 rings (SSSR count). The van der Waals surface area contributed by atoms with Gasteiger partial charge in [0, 0.05) is 12.2 Å². The van der Waals surface area contributed by atoms with Gasteiger partial charge < -0.3 is 9.47 Å². The molecule has 4 nitrogen and oxygen atoms in total. The van der Waals surface area contributed by atoms with Gasteiger partial charge in [-0.2, -0.15) is 0 Å². The van der Waals surface area contributed by atoms with Crippen molar-refractivity contribution in [2.24, 2.45) is 0 Å². The molecule has 0 spiro atoms. The number of hydrogen-bond donors (Lipinski definition) is 0. The molecule has 1 unspecified atom stereocenters. The van der Waals surface area contributed by atoms with Crippen LogP contribution in [0.4, 0.5) is 10.5 Å². The summed E-state index contributed by atoms with van der Waals surface area (Å²) < 4.78 is 10.4. The van der Waals surface area contributed by atoms with Crippen molar-refractivity contribution < 1.29 is 14.3 Å². The number of ether oxygens (including phenoxy) is 2. The minimum atomic E-state index is -0.264. The van der Waals surface area contributed by atoms with Crippen LogP contribution in [-0.4, -0.2) is 25.9 Å². The molecule has 1 saturated heterocycles. The zero-order chi connectivity index (χ0) is 12.3. The molecule has 1 aromatic carbocycles. The largest absolute Gasteiger partial charge is 0.497 e. The Morgan fingerprint density at radius 3 is 2.71 bits per heavy atom. The molecule has 1 heterocycles. The number of anilines is 1. The van der Waals surface area contributed by atoms with E-state index in [1.165, 1.54) is 0 Å². The lowest BCUT2D eigenvalue weighted by atomic mass is 10.2. The lowest BCUT2D eigenvalue weighted by molar-refractivity contribution is 0.117. The molecule has 0 aliphatic carbocycles. The van der Waals surface area contributed by atoms with E-state index in [0.717, 1.165) is 24.3 Å². The van der Waals surface area contributed by atoms with Gasteiger partial charge in [0.25, 0.3) is 0 Å². The van der Waals surface area contributed by atoms with Gasteiger partial charge in [0.05, 0.1) is 7.11 Å². The van der Waals surface area contributed by atoms with Crippen molar-refractivity contribution in [3.8, 4) is 5.75 Å². The van der Waals surface area contributed by atoms with Crippen LogP contribution in [0.5, 0.6) is 5.75 Å². The Bertz CT molecular complexity index is 388. The van der Waals surface area contributed by atoms with Crippen LogP contribution < -0.4 is 9.64 Å². The molecule has 1 aromatic rings. The number of carbonyl (C=O) groups excluding carboxylic acids is 1. The number of methoxy groups -OCH3 is 1. The molecular formula is C13H17NO3. The first-order valence-electron chi connectivity index (χ1n) is 5.83. The molecule has 0 N–H and O–H groups in total. The predicted molar refractivity (Wildman–Crippen MR) is 65.5 cm³/mol. The second-order valence-corrected chi connectivity index (χ2v) is 4.19. The summed E-state index contributed by atoms with van der Waals surface area (Å²) in [6, 6.07) is 7.43. The lowest BCUT2D eigenvalue weighted by Gasteiger charge is -2.20. The highest BCUT2D eigenvalue weighted by Crippen LogP contribution is 2.23. The van der Waals surface area contributed by atoms with Gasteiger partial charge in [-0.3, -0.25) is 4.90 Å². The summed E-state index contributed by atoms with van der Waals surface area (Å²) >= 11 is 0. The molecule has 1 amide bonds. The van der Waals surface area contributed by atoms with Crippen LogP contribution in [0.25, 0.3) is 0 Å². The van der Waals surface area contributed by atoms with Gasteiger partial charge in [-0.05, 0) is 44.0 Å². The van der Waals surface area contributed by atoms with E-state index in [9.17, 15) is 4.79 Å². The van der Waals surface area contributed by atoms with Gasteiger partial charge in [-0.25, -0.2) is 4.79 Å². The Balaban J connectivity index is 2.16. The number of nitrogens with zero attached hydrogens (tertiary/aromatic N) is 1. The minimum absolute atomic E-state index is 0.00532. The fraction of sp³-hybridized carbons (Fsp3) is 0.462.